The summed E-state index contributed by atoms with van der Waals surface area (Å²) in [5.74, 6) is -3.60. The topological polar surface area (TPSA) is 244 Å². The molecular formula is C26H31N9O6. The molecule has 4 unspecified atom stereocenters. The van der Waals surface area contributed by atoms with Crippen LogP contribution in [0, 0.1) is 0 Å². The molecule has 0 saturated carbocycles. The molecule has 0 spiro atoms. The van der Waals surface area contributed by atoms with Crippen molar-refractivity contribution >= 4 is 34.6 Å². The van der Waals surface area contributed by atoms with E-state index in [0.29, 0.717) is 17.0 Å². The number of carboxylic acid groups (broad SMARTS) is 1. The van der Waals surface area contributed by atoms with Gasteiger partial charge in [-0.2, -0.15) is 0 Å². The van der Waals surface area contributed by atoms with Gasteiger partial charge in [-0.25, -0.2) is 14.8 Å². The number of amides is 3. The SMILES string of the molecule is NC(Cc1cnc[nH]1)C(=O)NC(CO)C(=O)NC(Cc1cnc[nH]1)C(=O)NC(Cc1c[nH]c2ccccc12)C(=O)O. The van der Waals surface area contributed by atoms with Crippen LogP contribution in [0.3, 0.4) is 0 Å². The van der Waals surface area contributed by atoms with Gasteiger partial charge in [0.1, 0.15) is 18.1 Å². The summed E-state index contributed by atoms with van der Waals surface area (Å²) < 4.78 is 0. The van der Waals surface area contributed by atoms with Crippen molar-refractivity contribution in [2.75, 3.05) is 6.61 Å². The maximum Gasteiger partial charge on any atom is 0.326 e. The molecule has 1 aromatic carbocycles. The predicted octanol–water partition coefficient (Wildman–Crippen LogP) is -1.50. The van der Waals surface area contributed by atoms with Gasteiger partial charge in [-0.05, 0) is 11.6 Å². The second kappa shape index (κ2) is 13.4. The second-order valence-corrected chi connectivity index (χ2v) is 9.44. The van der Waals surface area contributed by atoms with Crippen molar-refractivity contribution in [3.63, 3.8) is 0 Å². The summed E-state index contributed by atoms with van der Waals surface area (Å²) in [7, 11) is 0. The number of aliphatic carboxylic acids is 1. The average molecular weight is 566 g/mol. The van der Waals surface area contributed by atoms with E-state index >= 15 is 0 Å². The first-order valence-electron chi connectivity index (χ1n) is 12.7. The third kappa shape index (κ3) is 7.55. The second-order valence-electron chi connectivity index (χ2n) is 9.44. The van der Waals surface area contributed by atoms with Gasteiger partial charge in [-0.3, -0.25) is 14.4 Å². The van der Waals surface area contributed by atoms with E-state index in [1.807, 2.05) is 24.3 Å². The lowest BCUT2D eigenvalue weighted by molar-refractivity contribution is -0.142. The number of hydrogen-bond donors (Lipinski definition) is 9. The van der Waals surface area contributed by atoms with E-state index in [2.05, 4.69) is 40.9 Å². The van der Waals surface area contributed by atoms with Crippen LogP contribution < -0.4 is 21.7 Å². The van der Waals surface area contributed by atoms with E-state index in [9.17, 15) is 29.4 Å². The van der Waals surface area contributed by atoms with Gasteiger partial charge in [-0.15, -0.1) is 0 Å². The van der Waals surface area contributed by atoms with Crippen molar-refractivity contribution in [2.45, 2.75) is 43.4 Å². The van der Waals surface area contributed by atoms with Gasteiger partial charge < -0.3 is 46.8 Å². The molecule has 3 amide bonds. The Hall–Kier alpha value is -5.02. The van der Waals surface area contributed by atoms with Gasteiger partial charge in [0.15, 0.2) is 0 Å². The molecule has 15 nitrogen and oxygen atoms in total. The normalized spacial score (nSPS) is 14.1. The fourth-order valence-corrected chi connectivity index (χ4v) is 4.29. The monoisotopic (exact) mass is 565 g/mol. The van der Waals surface area contributed by atoms with E-state index in [1.165, 1.54) is 25.0 Å². The van der Waals surface area contributed by atoms with Gasteiger partial charge in [-0.1, -0.05) is 18.2 Å². The lowest BCUT2D eigenvalue weighted by Crippen LogP contribution is -2.58. The molecule has 4 atom stereocenters. The van der Waals surface area contributed by atoms with Crippen molar-refractivity contribution in [2.24, 2.45) is 5.73 Å². The number of benzene rings is 1. The maximum absolute atomic E-state index is 13.3. The summed E-state index contributed by atoms with van der Waals surface area (Å²) in [4.78, 5) is 67.5. The highest BCUT2D eigenvalue weighted by Gasteiger charge is 2.31. The van der Waals surface area contributed by atoms with Gasteiger partial charge in [0.05, 0.1) is 25.3 Å². The fraction of sp³-hybridized carbons (Fsp3) is 0.308. The number of nitrogens with one attached hydrogen (secondary N) is 6. The molecule has 15 heteroatoms. The summed E-state index contributed by atoms with van der Waals surface area (Å²) in [6.45, 7) is -0.773. The number of carboxylic acids is 1. The van der Waals surface area contributed by atoms with Crippen LogP contribution in [-0.2, 0) is 38.4 Å². The van der Waals surface area contributed by atoms with E-state index in [4.69, 9.17) is 5.73 Å². The third-order valence-electron chi connectivity index (χ3n) is 6.47. The number of nitrogens with two attached hydrogens (primary N) is 1. The van der Waals surface area contributed by atoms with Crippen LogP contribution in [0.2, 0.25) is 0 Å². The Labute approximate surface area is 233 Å². The largest absolute Gasteiger partial charge is 0.480 e. The molecule has 0 aliphatic heterocycles. The molecule has 0 bridgehead atoms. The van der Waals surface area contributed by atoms with Crippen molar-refractivity contribution in [3.8, 4) is 0 Å². The quantitative estimate of drug-likeness (QED) is 0.0862. The number of aromatic nitrogens is 5. The van der Waals surface area contributed by atoms with E-state index in [0.717, 1.165) is 10.9 Å². The van der Waals surface area contributed by atoms with Gasteiger partial charge in [0.25, 0.3) is 0 Å². The Morgan fingerprint density at radius 3 is 2.05 bits per heavy atom. The standard InChI is InChI=1S/C26H31N9O6/c27-18(6-15-9-28-12-31-15)23(37)35-22(11-36)25(39)33-20(7-16-10-29-13-32-16)24(38)34-21(26(40)41)5-14-8-30-19-4-2-1-3-17(14)19/h1-4,8-10,12-13,18,20-22,30,36H,5-7,11,27H2,(H,28,31)(H,29,32)(H,33,39)(H,34,38)(H,35,37)(H,40,41). The number of fused-ring (bicyclic) bond motifs is 1. The Morgan fingerprint density at radius 1 is 0.805 bits per heavy atom. The number of carbonyl (C=O) groups is 4. The van der Waals surface area contributed by atoms with Crippen LogP contribution in [0.5, 0.6) is 0 Å². The first-order chi connectivity index (χ1) is 19.7. The van der Waals surface area contributed by atoms with Crippen LogP contribution in [0.4, 0.5) is 0 Å². The van der Waals surface area contributed by atoms with E-state index in [-0.39, 0.29) is 19.3 Å². The van der Waals surface area contributed by atoms with Crippen LogP contribution >= 0.6 is 0 Å². The number of para-hydroxylation sites is 1. The van der Waals surface area contributed by atoms with Gasteiger partial charge in [0, 0.05) is 60.1 Å². The van der Waals surface area contributed by atoms with Crippen molar-refractivity contribution in [1.82, 2.24) is 40.9 Å². The first kappa shape index (κ1) is 29.0. The number of aliphatic hydroxyl groups excluding tert-OH is 1. The Bertz CT molecular complexity index is 1470. The average Bonchev–Trinajstić information content (AvgIpc) is 3.74. The molecule has 0 radical (unpaired) electrons. The number of aliphatic hydroxyl groups is 1. The number of nitrogens with zero attached hydrogens (tertiary/aromatic N) is 2. The zero-order valence-electron chi connectivity index (χ0n) is 21.8. The van der Waals surface area contributed by atoms with Crippen LogP contribution in [-0.4, -0.2) is 89.6 Å². The summed E-state index contributed by atoms with van der Waals surface area (Å²) in [5, 5.41) is 27.9. The number of carbonyl (C=O) groups excluding carboxylic acids is 3. The van der Waals surface area contributed by atoms with Crippen LogP contribution in [0.15, 0.2) is 55.5 Å². The zero-order chi connectivity index (χ0) is 29.4. The highest BCUT2D eigenvalue weighted by molar-refractivity contribution is 5.94. The molecule has 4 rings (SSSR count). The number of imidazole rings is 2. The Morgan fingerprint density at radius 2 is 1.41 bits per heavy atom. The summed E-state index contributed by atoms with van der Waals surface area (Å²) in [5.41, 5.74) is 8.53. The molecule has 0 saturated heterocycles. The summed E-state index contributed by atoms with van der Waals surface area (Å²) >= 11 is 0. The molecular weight excluding hydrogens is 534 g/mol. The molecule has 4 aromatic rings. The van der Waals surface area contributed by atoms with Gasteiger partial charge >= 0.3 is 5.97 Å². The minimum atomic E-state index is -1.42. The lowest BCUT2D eigenvalue weighted by Gasteiger charge is -2.24. The van der Waals surface area contributed by atoms with E-state index in [1.54, 1.807) is 6.20 Å². The molecule has 3 heterocycles. The third-order valence-corrected chi connectivity index (χ3v) is 6.47. The fourth-order valence-electron chi connectivity index (χ4n) is 4.29. The molecule has 41 heavy (non-hydrogen) atoms. The van der Waals surface area contributed by atoms with Crippen LogP contribution in [0.1, 0.15) is 17.0 Å². The van der Waals surface area contributed by atoms with Gasteiger partial charge in [0.2, 0.25) is 17.7 Å². The zero-order valence-corrected chi connectivity index (χ0v) is 21.8. The molecule has 0 fully saturated rings. The van der Waals surface area contributed by atoms with Crippen molar-refractivity contribution in [3.05, 3.63) is 72.5 Å². The lowest BCUT2D eigenvalue weighted by atomic mass is 10.0. The van der Waals surface area contributed by atoms with Crippen molar-refractivity contribution < 1.29 is 29.4 Å². The Kier molecular flexibility index (Phi) is 9.44. The minimum Gasteiger partial charge on any atom is -0.480 e. The predicted molar refractivity (Wildman–Crippen MR) is 145 cm³/mol. The number of aromatic amines is 3. The summed E-state index contributed by atoms with van der Waals surface area (Å²) in [6, 6.07) is 2.32. The first-order valence-corrected chi connectivity index (χ1v) is 12.7. The molecule has 10 N–H and O–H groups in total. The maximum atomic E-state index is 13.3. The van der Waals surface area contributed by atoms with E-state index < -0.39 is 54.5 Å². The smallest absolute Gasteiger partial charge is 0.326 e. The van der Waals surface area contributed by atoms with Crippen molar-refractivity contribution in [1.29, 1.82) is 0 Å². The number of hydrogen-bond acceptors (Lipinski definition) is 8. The molecule has 0 aliphatic rings. The highest BCUT2D eigenvalue weighted by atomic mass is 16.4. The minimum absolute atomic E-state index is 0.0145. The summed E-state index contributed by atoms with van der Waals surface area (Å²) in [6.07, 6.45) is 7.50. The highest BCUT2D eigenvalue weighted by Crippen LogP contribution is 2.19. The molecule has 0 aliphatic carbocycles. The van der Waals surface area contributed by atoms with Crippen LogP contribution in [0.25, 0.3) is 10.9 Å². The molecule has 216 valence electrons. The number of H-pyrrole nitrogens is 3. The number of rotatable bonds is 14. The molecule has 3 aromatic heterocycles. The Balaban J connectivity index is 1.44.